The number of nitrogens with zero attached hydrogens (tertiary/aromatic N) is 3. The summed E-state index contributed by atoms with van der Waals surface area (Å²) >= 11 is 0. The molecule has 8 heteroatoms. The molecule has 1 aromatic carbocycles. The van der Waals surface area contributed by atoms with E-state index in [4.69, 9.17) is 4.74 Å². The predicted octanol–water partition coefficient (Wildman–Crippen LogP) is 1.08. The second-order valence-electron chi connectivity index (χ2n) is 7.67. The molecule has 2 aliphatic rings. The van der Waals surface area contributed by atoms with E-state index >= 15 is 0 Å². The average molecular weight is 412 g/mol. The number of carbonyl (C=O) groups excluding carboxylic acids is 3. The Morgan fingerprint density at radius 2 is 2.07 bits per heavy atom. The van der Waals surface area contributed by atoms with E-state index in [0.717, 1.165) is 34.4 Å². The van der Waals surface area contributed by atoms with Gasteiger partial charge in [0.1, 0.15) is 5.57 Å². The minimum atomic E-state index is -0.579. The van der Waals surface area contributed by atoms with Crippen molar-refractivity contribution in [2.24, 2.45) is 4.99 Å². The Morgan fingerprint density at radius 3 is 2.77 bits per heavy atom. The molecule has 1 unspecified atom stereocenters. The molecule has 3 amide bonds. The van der Waals surface area contributed by atoms with Crippen LogP contribution in [-0.4, -0.2) is 79.7 Å². The van der Waals surface area contributed by atoms with Gasteiger partial charge in [-0.2, -0.15) is 0 Å². The van der Waals surface area contributed by atoms with Crippen LogP contribution in [-0.2, 0) is 25.5 Å². The summed E-state index contributed by atoms with van der Waals surface area (Å²) in [5.74, 6) is -1.61. The first-order chi connectivity index (χ1) is 14.4. The Kier molecular flexibility index (Phi) is 7.12. The highest BCUT2D eigenvalue weighted by molar-refractivity contribution is 6.29. The molecule has 0 aromatic heterocycles. The van der Waals surface area contributed by atoms with Crippen molar-refractivity contribution in [2.75, 3.05) is 40.4 Å². The monoisotopic (exact) mass is 412 g/mol. The molecule has 1 N–H and O–H groups in total. The number of nitrogens with one attached hydrogen (secondary N) is 1. The van der Waals surface area contributed by atoms with Gasteiger partial charge in [0.2, 0.25) is 0 Å². The number of para-hydroxylation sites is 1. The van der Waals surface area contributed by atoms with E-state index in [1.54, 1.807) is 0 Å². The van der Waals surface area contributed by atoms with Gasteiger partial charge in [0, 0.05) is 37.9 Å². The number of imide groups is 1. The van der Waals surface area contributed by atoms with E-state index in [1.165, 1.54) is 0 Å². The third kappa shape index (κ3) is 5.01. The zero-order valence-corrected chi connectivity index (χ0v) is 17.7. The van der Waals surface area contributed by atoms with Gasteiger partial charge in [-0.1, -0.05) is 25.1 Å². The van der Waals surface area contributed by atoms with Crippen molar-refractivity contribution in [3.63, 3.8) is 0 Å². The van der Waals surface area contributed by atoms with E-state index in [-0.39, 0.29) is 18.7 Å². The third-order valence-electron chi connectivity index (χ3n) is 4.99. The van der Waals surface area contributed by atoms with Crippen molar-refractivity contribution in [2.45, 2.75) is 25.8 Å². The Bertz CT molecular complexity index is 891. The summed E-state index contributed by atoms with van der Waals surface area (Å²) in [6.07, 6.45) is 2.58. The van der Waals surface area contributed by atoms with Gasteiger partial charge in [-0.3, -0.25) is 24.3 Å². The van der Waals surface area contributed by atoms with Gasteiger partial charge < -0.3 is 15.0 Å². The molecule has 8 nitrogen and oxygen atoms in total. The molecule has 160 valence electrons. The van der Waals surface area contributed by atoms with Crippen LogP contribution in [0.15, 0.2) is 40.9 Å². The standard InChI is InChI=1S/C22H28N4O4/c1-4-11-30-14-19(18-12-15-7-5-6-8-17(15)23-18)24-21(28)16-13-20(27)26(22(16)29)10-9-25(2)3/h5-8,13,19H,4,9-12,14H2,1-3H3,(H,24,28). The molecule has 0 bridgehead atoms. The van der Waals surface area contributed by atoms with Crippen molar-refractivity contribution in [1.82, 2.24) is 15.1 Å². The summed E-state index contributed by atoms with van der Waals surface area (Å²) in [5, 5.41) is 2.86. The zero-order chi connectivity index (χ0) is 21.7. The van der Waals surface area contributed by atoms with Crippen LogP contribution in [0.25, 0.3) is 0 Å². The van der Waals surface area contributed by atoms with Crippen molar-refractivity contribution in [3.8, 4) is 0 Å². The van der Waals surface area contributed by atoms with Crippen LogP contribution in [0.4, 0.5) is 5.69 Å². The Balaban J connectivity index is 1.70. The summed E-state index contributed by atoms with van der Waals surface area (Å²) in [4.78, 5) is 45.3. The molecule has 1 aromatic rings. The molecule has 0 spiro atoms. The number of benzene rings is 1. The smallest absolute Gasteiger partial charge is 0.266 e. The molecular formula is C22H28N4O4. The van der Waals surface area contributed by atoms with Gasteiger partial charge in [-0.25, -0.2) is 0 Å². The van der Waals surface area contributed by atoms with Gasteiger partial charge in [-0.15, -0.1) is 0 Å². The summed E-state index contributed by atoms with van der Waals surface area (Å²) in [6.45, 7) is 3.59. The quantitative estimate of drug-likeness (QED) is 0.353. The van der Waals surface area contributed by atoms with Crippen molar-refractivity contribution >= 4 is 29.1 Å². The van der Waals surface area contributed by atoms with Gasteiger partial charge in [0.15, 0.2) is 0 Å². The molecule has 3 rings (SSSR count). The van der Waals surface area contributed by atoms with Gasteiger partial charge in [-0.05, 0) is 32.1 Å². The predicted molar refractivity (Wildman–Crippen MR) is 114 cm³/mol. The van der Waals surface area contributed by atoms with Crippen molar-refractivity contribution in [3.05, 3.63) is 41.5 Å². The fourth-order valence-electron chi connectivity index (χ4n) is 3.35. The second-order valence-corrected chi connectivity index (χ2v) is 7.67. The summed E-state index contributed by atoms with van der Waals surface area (Å²) < 4.78 is 5.67. The molecular weight excluding hydrogens is 384 g/mol. The minimum absolute atomic E-state index is 0.143. The number of carbonyl (C=O) groups is 3. The highest BCUT2D eigenvalue weighted by atomic mass is 16.5. The molecule has 0 saturated heterocycles. The Labute approximate surface area is 176 Å². The molecule has 2 heterocycles. The Hall–Kier alpha value is -2.84. The Morgan fingerprint density at radius 1 is 1.30 bits per heavy atom. The van der Waals surface area contributed by atoms with E-state index in [1.807, 2.05) is 50.2 Å². The molecule has 0 aliphatic carbocycles. The van der Waals surface area contributed by atoms with Gasteiger partial charge in [0.05, 0.1) is 18.3 Å². The highest BCUT2D eigenvalue weighted by Gasteiger charge is 2.36. The maximum absolute atomic E-state index is 12.9. The maximum atomic E-state index is 12.9. The first kappa shape index (κ1) is 21.9. The lowest BCUT2D eigenvalue weighted by atomic mass is 10.0. The first-order valence-electron chi connectivity index (χ1n) is 10.2. The van der Waals surface area contributed by atoms with Crippen LogP contribution in [0.1, 0.15) is 18.9 Å². The fourth-order valence-corrected chi connectivity index (χ4v) is 3.35. The lowest BCUT2D eigenvalue weighted by Crippen LogP contribution is -2.46. The third-order valence-corrected chi connectivity index (χ3v) is 4.99. The van der Waals surface area contributed by atoms with Crippen LogP contribution in [0.3, 0.4) is 0 Å². The van der Waals surface area contributed by atoms with Gasteiger partial charge >= 0.3 is 0 Å². The zero-order valence-electron chi connectivity index (χ0n) is 17.7. The van der Waals surface area contributed by atoms with Crippen LogP contribution in [0.5, 0.6) is 0 Å². The molecule has 2 aliphatic heterocycles. The summed E-state index contributed by atoms with van der Waals surface area (Å²) in [7, 11) is 3.71. The normalized spacial score (nSPS) is 16.6. The SMILES string of the molecule is CCCOCC(NC(=O)C1=CC(=O)N(CCN(C)C)C1=O)C1=Nc2ccccc2C1. The number of likely N-dealkylation sites (N-methyl/N-ethyl adjacent to an activating group) is 1. The second kappa shape index (κ2) is 9.77. The summed E-state index contributed by atoms with van der Waals surface area (Å²) in [6, 6.07) is 7.33. The highest BCUT2D eigenvalue weighted by Crippen LogP contribution is 2.27. The number of hydrogen-bond acceptors (Lipinski definition) is 6. The van der Waals surface area contributed by atoms with E-state index < -0.39 is 23.8 Å². The number of amides is 3. The summed E-state index contributed by atoms with van der Waals surface area (Å²) in [5.41, 5.74) is 2.60. The van der Waals surface area contributed by atoms with E-state index in [9.17, 15) is 14.4 Å². The molecule has 0 fully saturated rings. The van der Waals surface area contributed by atoms with Crippen molar-refractivity contribution in [1.29, 1.82) is 0 Å². The topological polar surface area (TPSA) is 91.3 Å². The number of rotatable bonds is 10. The van der Waals surface area contributed by atoms with Crippen LogP contribution < -0.4 is 5.32 Å². The first-order valence-corrected chi connectivity index (χ1v) is 10.2. The van der Waals surface area contributed by atoms with E-state index in [0.29, 0.717) is 19.6 Å². The largest absolute Gasteiger partial charge is 0.379 e. The number of ether oxygens (including phenoxy) is 1. The average Bonchev–Trinajstić information content (AvgIpc) is 3.26. The van der Waals surface area contributed by atoms with Crippen LogP contribution in [0.2, 0.25) is 0 Å². The lowest BCUT2D eigenvalue weighted by molar-refractivity contribution is -0.137. The number of fused-ring (bicyclic) bond motifs is 1. The van der Waals surface area contributed by atoms with Gasteiger partial charge in [0.25, 0.3) is 17.7 Å². The molecule has 1 atom stereocenters. The fraction of sp³-hybridized carbons (Fsp3) is 0.455. The molecule has 0 radical (unpaired) electrons. The van der Waals surface area contributed by atoms with Crippen LogP contribution in [0, 0.1) is 0 Å². The molecule has 30 heavy (non-hydrogen) atoms. The number of aliphatic imine (C=N–C) groups is 1. The molecule has 0 saturated carbocycles. The van der Waals surface area contributed by atoms with E-state index in [2.05, 4.69) is 10.3 Å². The maximum Gasteiger partial charge on any atom is 0.266 e. The number of hydrogen-bond donors (Lipinski definition) is 1. The minimum Gasteiger partial charge on any atom is -0.379 e. The van der Waals surface area contributed by atoms with Crippen molar-refractivity contribution < 1.29 is 19.1 Å². The lowest BCUT2D eigenvalue weighted by Gasteiger charge is -2.20. The van der Waals surface area contributed by atoms with Crippen LogP contribution >= 0.6 is 0 Å².